The zero-order chi connectivity index (χ0) is 24.0. The molecule has 2 aliphatic carbocycles. The summed E-state index contributed by atoms with van der Waals surface area (Å²) in [5, 5.41) is 2.78. The Morgan fingerprint density at radius 2 is 2.06 bits per heavy atom. The Labute approximate surface area is 196 Å². The largest absolute Gasteiger partial charge is 0.491 e. The third-order valence-electron chi connectivity index (χ3n) is 5.71. The summed E-state index contributed by atoms with van der Waals surface area (Å²) >= 11 is 0. The van der Waals surface area contributed by atoms with Crippen LogP contribution >= 0.6 is 0 Å². The number of methoxy groups -OCH3 is 1. The molecule has 2 aromatic rings. The molecule has 2 heterocycles. The van der Waals surface area contributed by atoms with Crippen LogP contribution in [-0.2, 0) is 20.9 Å². The molecule has 2 fully saturated rings. The summed E-state index contributed by atoms with van der Waals surface area (Å²) in [4.78, 5) is 19.6. The molecule has 7 heteroatoms. The number of carbonyl (C=O) groups excluding carboxylic acids is 1. The first-order valence-corrected chi connectivity index (χ1v) is 11.5. The van der Waals surface area contributed by atoms with E-state index in [0.29, 0.717) is 30.8 Å². The number of hydrogen-bond acceptors (Lipinski definition) is 5. The number of aromatic nitrogens is 3. The Kier molecular flexibility index (Phi) is 8.08. The van der Waals surface area contributed by atoms with Gasteiger partial charge in [-0.25, -0.2) is 9.97 Å². The van der Waals surface area contributed by atoms with Crippen molar-refractivity contribution in [2.45, 2.75) is 77.5 Å². The van der Waals surface area contributed by atoms with E-state index in [1.54, 1.807) is 7.11 Å². The molecule has 0 bridgehead atoms. The molecular formula is C26H36N4O3. The quantitative estimate of drug-likeness (QED) is 0.319. The van der Waals surface area contributed by atoms with Crippen LogP contribution in [-0.4, -0.2) is 39.5 Å². The standard InChI is InChI=1S/C14H21NO2.C12H15N3O/c1-5-6-12(14(3,4)15-10-16)9-11(2)17-13-7-8-13;1-8-12-14-11(9-3-4-9)5-10(6-16-2)15(12)7-13-8/h5-6,9-10,13H,2,7-8H2,1,3-4H3,(H,15,16);5,7,9H,3-4,6H2,1-2H3/b6-5-,12-9+;. The van der Waals surface area contributed by atoms with Crippen molar-refractivity contribution in [3.63, 3.8) is 0 Å². The number of nitrogens with zero attached hydrogens (tertiary/aromatic N) is 3. The molecule has 2 saturated carbocycles. The van der Waals surface area contributed by atoms with E-state index in [-0.39, 0.29) is 0 Å². The van der Waals surface area contributed by atoms with Crippen LogP contribution < -0.4 is 5.32 Å². The first-order chi connectivity index (χ1) is 15.8. The predicted octanol–water partition coefficient (Wildman–Crippen LogP) is 4.77. The van der Waals surface area contributed by atoms with Crippen molar-refractivity contribution in [2.24, 2.45) is 0 Å². The Hall–Kier alpha value is -2.93. The fourth-order valence-electron chi connectivity index (χ4n) is 3.47. The summed E-state index contributed by atoms with van der Waals surface area (Å²) in [5.41, 5.74) is 4.83. The van der Waals surface area contributed by atoms with E-state index in [0.717, 1.165) is 35.4 Å². The lowest BCUT2D eigenvalue weighted by atomic mass is 9.93. The van der Waals surface area contributed by atoms with Gasteiger partial charge in [0.15, 0.2) is 5.65 Å². The maximum Gasteiger partial charge on any atom is 0.207 e. The topological polar surface area (TPSA) is 77.8 Å². The van der Waals surface area contributed by atoms with Crippen molar-refractivity contribution >= 4 is 12.1 Å². The summed E-state index contributed by atoms with van der Waals surface area (Å²) in [7, 11) is 1.72. The molecule has 0 aliphatic heterocycles. The first kappa shape index (κ1) is 24.7. The zero-order valence-electron chi connectivity index (χ0n) is 20.4. The van der Waals surface area contributed by atoms with Crippen molar-refractivity contribution in [2.75, 3.05) is 7.11 Å². The van der Waals surface area contributed by atoms with E-state index in [1.165, 1.54) is 18.5 Å². The Balaban J connectivity index is 0.000000186. The first-order valence-electron chi connectivity index (χ1n) is 11.5. The van der Waals surface area contributed by atoms with Gasteiger partial charge in [-0.15, -0.1) is 0 Å². The van der Waals surface area contributed by atoms with Gasteiger partial charge >= 0.3 is 0 Å². The third kappa shape index (κ3) is 6.78. The molecule has 4 rings (SSSR count). The summed E-state index contributed by atoms with van der Waals surface area (Å²) in [6.45, 7) is 12.3. The fourth-order valence-corrected chi connectivity index (χ4v) is 3.47. The molecule has 0 unspecified atom stereocenters. The van der Waals surface area contributed by atoms with E-state index in [2.05, 4.69) is 27.9 Å². The molecule has 0 spiro atoms. The minimum atomic E-state index is -0.426. The van der Waals surface area contributed by atoms with Crippen LogP contribution in [0.15, 0.2) is 48.5 Å². The Morgan fingerprint density at radius 1 is 1.33 bits per heavy atom. The Bertz CT molecular complexity index is 1040. The summed E-state index contributed by atoms with van der Waals surface area (Å²) < 4.78 is 12.8. The second kappa shape index (κ2) is 10.8. The SMILES string of the molecule is C=C(/C=C(\C=C/C)C(C)(C)NC=O)OC1CC1.COCc1cc(C2CC2)nc2c(C)ncn12. The normalized spacial score (nSPS) is 16.5. The lowest BCUT2D eigenvalue weighted by Crippen LogP contribution is -2.39. The van der Waals surface area contributed by atoms with Crippen LogP contribution in [0.3, 0.4) is 0 Å². The van der Waals surface area contributed by atoms with E-state index >= 15 is 0 Å². The van der Waals surface area contributed by atoms with Crippen LogP contribution in [0.2, 0.25) is 0 Å². The molecule has 0 aromatic carbocycles. The number of hydrogen-bond donors (Lipinski definition) is 1. The highest BCUT2D eigenvalue weighted by Crippen LogP contribution is 2.39. The highest BCUT2D eigenvalue weighted by atomic mass is 16.5. The highest BCUT2D eigenvalue weighted by molar-refractivity contribution is 5.51. The van der Waals surface area contributed by atoms with Gasteiger partial charge in [0.25, 0.3) is 0 Å². The molecule has 178 valence electrons. The number of imidazole rings is 1. The molecule has 2 aliphatic rings. The van der Waals surface area contributed by atoms with E-state index in [9.17, 15) is 4.79 Å². The van der Waals surface area contributed by atoms with Crippen molar-refractivity contribution in [1.82, 2.24) is 19.7 Å². The maximum absolute atomic E-state index is 10.6. The molecule has 1 N–H and O–H groups in total. The molecule has 0 saturated heterocycles. The van der Waals surface area contributed by atoms with Crippen LogP contribution in [0.5, 0.6) is 0 Å². The zero-order valence-corrected chi connectivity index (χ0v) is 20.4. The minimum Gasteiger partial charge on any atom is -0.491 e. The maximum atomic E-state index is 10.6. The third-order valence-corrected chi connectivity index (χ3v) is 5.71. The minimum absolute atomic E-state index is 0.341. The molecular weight excluding hydrogens is 416 g/mol. The number of fused-ring (bicyclic) bond motifs is 1. The van der Waals surface area contributed by atoms with Crippen LogP contribution in [0.1, 0.15) is 69.5 Å². The lowest BCUT2D eigenvalue weighted by Gasteiger charge is -2.26. The summed E-state index contributed by atoms with van der Waals surface area (Å²) in [6.07, 6.45) is 13.4. The smallest absolute Gasteiger partial charge is 0.207 e. The average molecular weight is 453 g/mol. The Morgan fingerprint density at radius 3 is 2.64 bits per heavy atom. The van der Waals surface area contributed by atoms with Gasteiger partial charge in [-0.2, -0.15) is 0 Å². The van der Waals surface area contributed by atoms with Gasteiger partial charge in [0, 0.05) is 18.7 Å². The summed E-state index contributed by atoms with van der Waals surface area (Å²) in [6, 6.07) is 2.15. The number of aryl methyl sites for hydroxylation is 1. The van der Waals surface area contributed by atoms with Gasteiger partial charge in [-0.1, -0.05) is 18.7 Å². The van der Waals surface area contributed by atoms with Crippen molar-refractivity contribution in [1.29, 1.82) is 0 Å². The van der Waals surface area contributed by atoms with E-state index < -0.39 is 5.54 Å². The lowest BCUT2D eigenvalue weighted by molar-refractivity contribution is -0.110. The van der Waals surface area contributed by atoms with Crippen molar-refractivity contribution < 1.29 is 14.3 Å². The van der Waals surface area contributed by atoms with Crippen LogP contribution in [0.4, 0.5) is 0 Å². The molecule has 1 amide bonds. The summed E-state index contributed by atoms with van der Waals surface area (Å²) in [5.74, 6) is 1.32. The number of carbonyl (C=O) groups is 1. The van der Waals surface area contributed by atoms with E-state index in [4.69, 9.17) is 9.47 Å². The average Bonchev–Trinajstić information content (AvgIpc) is 3.69. The van der Waals surface area contributed by atoms with Gasteiger partial charge in [-0.05, 0) is 71.1 Å². The molecule has 7 nitrogen and oxygen atoms in total. The number of rotatable bonds is 10. The number of nitrogens with one attached hydrogen (secondary N) is 1. The highest BCUT2D eigenvalue weighted by Gasteiger charge is 2.27. The van der Waals surface area contributed by atoms with Gasteiger partial charge in [-0.3, -0.25) is 9.20 Å². The molecule has 0 radical (unpaired) electrons. The number of ether oxygens (including phenoxy) is 2. The van der Waals surface area contributed by atoms with Gasteiger partial charge in [0.05, 0.1) is 29.6 Å². The second-order valence-electron chi connectivity index (χ2n) is 9.17. The fraction of sp³-hybridized carbons (Fsp3) is 0.500. The molecule has 0 atom stereocenters. The van der Waals surface area contributed by atoms with Gasteiger partial charge in [0.1, 0.15) is 12.1 Å². The number of amides is 1. The van der Waals surface area contributed by atoms with Crippen molar-refractivity contribution in [3.05, 3.63) is 65.6 Å². The number of allylic oxidation sites excluding steroid dienone is 2. The van der Waals surface area contributed by atoms with E-state index in [1.807, 2.05) is 56.7 Å². The van der Waals surface area contributed by atoms with Crippen LogP contribution in [0, 0.1) is 6.92 Å². The van der Waals surface area contributed by atoms with Gasteiger partial charge < -0.3 is 14.8 Å². The van der Waals surface area contributed by atoms with Crippen LogP contribution in [0.25, 0.3) is 5.65 Å². The molecule has 2 aromatic heterocycles. The second-order valence-corrected chi connectivity index (χ2v) is 9.17. The predicted molar refractivity (Wildman–Crippen MR) is 130 cm³/mol. The van der Waals surface area contributed by atoms with Gasteiger partial charge in [0.2, 0.25) is 6.41 Å². The monoisotopic (exact) mass is 452 g/mol. The molecule has 33 heavy (non-hydrogen) atoms. The van der Waals surface area contributed by atoms with Crippen molar-refractivity contribution in [3.8, 4) is 0 Å².